The maximum atomic E-state index is 14.3. The zero-order valence-electron chi connectivity index (χ0n) is 35.9. The molecule has 16 heteroatoms. The Morgan fingerprint density at radius 2 is 1.03 bits per heavy atom. The molecule has 342 valence electrons. The predicted molar refractivity (Wildman–Crippen MR) is 266 cm³/mol. The van der Waals surface area contributed by atoms with Crippen LogP contribution in [0.4, 0.5) is 20.2 Å². The Bertz CT molecular complexity index is 3180. The molecule has 0 atom stereocenters. The number of benzene rings is 6. The molecule has 0 spiro atoms. The van der Waals surface area contributed by atoms with Crippen molar-refractivity contribution in [2.75, 3.05) is 18.6 Å². The number of anilines is 2. The molecule has 0 aliphatic carbocycles. The fourth-order valence-corrected chi connectivity index (χ4v) is 8.33. The van der Waals surface area contributed by atoms with E-state index in [4.69, 9.17) is 48.9 Å². The van der Waals surface area contributed by atoms with E-state index in [1.807, 2.05) is 47.2 Å². The van der Waals surface area contributed by atoms with Gasteiger partial charge in [-0.05, 0) is 135 Å². The lowest BCUT2D eigenvalue weighted by molar-refractivity contribution is 0.0599. The molecule has 0 saturated heterocycles. The number of nitrogens with two attached hydrogens (primary N) is 2. The number of methoxy groups -OCH3 is 1. The van der Waals surface area contributed by atoms with Crippen LogP contribution in [0, 0.1) is 25.5 Å². The number of hydrogen-bond donors (Lipinski definition) is 3. The average Bonchev–Trinajstić information content (AvgIpc) is 3.87. The Balaban J connectivity index is 0.000000199. The van der Waals surface area contributed by atoms with Gasteiger partial charge in [-0.2, -0.15) is 0 Å². The maximum absolute atomic E-state index is 14.3. The van der Waals surface area contributed by atoms with Crippen molar-refractivity contribution in [3.05, 3.63) is 198 Å². The zero-order valence-corrected chi connectivity index (χ0v) is 40.6. The van der Waals surface area contributed by atoms with Crippen molar-refractivity contribution in [3.8, 4) is 45.4 Å². The Hall–Kier alpha value is -6.58. The van der Waals surface area contributed by atoms with Gasteiger partial charge in [-0.25, -0.2) is 18.4 Å². The molecule has 0 aliphatic rings. The van der Waals surface area contributed by atoms with Crippen molar-refractivity contribution >= 4 is 78.4 Å². The average molecular weight is 1070 g/mol. The van der Waals surface area contributed by atoms with E-state index < -0.39 is 11.9 Å². The van der Waals surface area contributed by atoms with E-state index in [0.29, 0.717) is 81.1 Å². The summed E-state index contributed by atoms with van der Waals surface area (Å²) in [6, 6.07) is 37.4. The first kappa shape index (κ1) is 48.4. The number of ether oxygens (including phenoxy) is 3. The summed E-state index contributed by atoms with van der Waals surface area (Å²) < 4.78 is 50.6. The summed E-state index contributed by atoms with van der Waals surface area (Å²) in [5.74, 6) is -1.26. The summed E-state index contributed by atoms with van der Waals surface area (Å²) in [4.78, 5) is 23.7. The van der Waals surface area contributed by atoms with Crippen molar-refractivity contribution in [1.29, 1.82) is 0 Å². The van der Waals surface area contributed by atoms with Crippen LogP contribution < -0.4 is 20.9 Å². The molecule has 0 saturated carbocycles. The Morgan fingerprint density at radius 1 is 0.597 bits per heavy atom. The number of halogens is 6. The molecule has 8 rings (SSSR count). The largest absolute Gasteiger partial charge is 0.488 e. The van der Waals surface area contributed by atoms with E-state index in [0.717, 1.165) is 22.8 Å². The molecular formula is C51H40Br2Cl2F2N4O6. The van der Waals surface area contributed by atoms with Gasteiger partial charge in [0, 0.05) is 75.4 Å². The number of carbonyl (C=O) groups is 2. The van der Waals surface area contributed by atoms with E-state index in [1.165, 1.54) is 25.3 Å². The molecule has 0 radical (unpaired) electrons. The van der Waals surface area contributed by atoms with Gasteiger partial charge in [-0.3, -0.25) is 0 Å². The van der Waals surface area contributed by atoms with Crippen LogP contribution in [0.1, 0.15) is 43.2 Å². The molecule has 0 bridgehead atoms. The highest BCUT2D eigenvalue weighted by Crippen LogP contribution is 2.39. The van der Waals surface area contributed by atoms with Gasteiger partial charge in [-0.1, -0.05) is 67.2 Å². The fourth-order valence-electron chi connectivity index (χ4n) is 7.31. The van der Waals surface area contributed by atoms with Crippen LogP contribution in [-0.4, -0.2) is 33.3 Å². The van der Waals surface area contributed by atoms with E-state index in [9.17, 15) is 23.5 Å². The summed E-state index contributed by atoms with van der Waals surface area (Å²) in [5.41, 5.74) is 20.0. The van der Waals surface area contributed by atoms with Crippen LogP contribution >= 0.6 is 55.1 Å². The van der Waals surface area contributed by atoms with Crippen molar-refractivity contribution < 1.29 is 37.7 Å². The fraction of sp³-hybridized carbons (Fsp3) is 0.0980. The maximum Gasteiger partial charge on any atom is 0.337 e. The summed E-state index contributed by atoms with van der Waals surface area (Å²) in [7, 11) is 1.32. The molecule has 5 N–H and O–H groups in total. The minimum absolute atomic E-state index is 0.0227. The van der Waals surface area contributed by atoms with E-state index in [1.54, 1.807) is 91.0 Å². The number of carbonyl (C=O) groups excluding carboxylic acids is 1. The minimum atomic E-state index is -1.07. The predicted octanol–water partition coefficient (Wildman–Crippen LogP) is 13.8. The van der Waals surface area contributed by atoms with Gasteiger partial charge in [0.2, 0.25) is 0 Å². The van der Waals surface area contributed by atoms with Gasteiger partial charge in [0.15, 0.2) is 0 Å². The van der Waals surface area contributed by atoms with E-state index >= 15 is 0 Å². The van der Waals surface area contributed by atoms with Crippen molar-refractivity contribution in [1.82, 2.24) is 9.13 Å². The van der Waals surface area contributed by atoms with Gasteiger partial charge in [-0.15, -0.1) is 0 Å². The Morgan fingerprint density at radius 3 is 1.45 bits per heavy atom. The molecule has 0 unspecified atom stereocenters. The Kier molecular flexibility index (Phi) is 15.1. The van der Waals surface area contributed by atoms with Gasteiger partial charge < -0.3 is 39.9 Å². The lowest BCUT2D eigenvalue weighted by Crippen LogP contribution is -2.07. The summed E-state index contributed by atoms with van der Waals surface area (Å²) in [5, 5.41) is 10.5. The first-order valence-corrected chi connectivity index (χ1v) is 22.6. The lowest BCUT2D eigenvalue weighted by atomic mass is 10.1. The highest BCUT2D eigenvalue weighted by Gasteiger charge is 2.20. The first-order chi connectivity index (χ1) is 32.0. The summed E-state index contributed by atoms with van der Waals surface area (Å²) >= 11 is 19.1. The molecule has 0 fully saturated rings. The number of aromatic nitrogens is 2. The van der Waals surface area contributed by atoms with Crippen LogP contribution in [0.15, 0.2) is 142 Å². The van der Waals surface area contributed by atoms with Gasteiger partial charge in [0.05, 0.1) is 29.6 Å². The second-order valence-corrected chi connectivity index (χ2v) is 17.8. The minimum Gasteiger partial charge on any atom is -0.488 e. The van der Waals surface area contributed by atoms with Crippen LogP contribution in [-0.2, 0) is 18.0 Å². The molecule has 0 aliphatic heterocycles. The Labute approximate surface area is 411 Å². The van der Waals surface area contributed by atoms with E-state index in [2.05, 4.69) is 31.9 Å². The molecule has 10 nitrogen and oxygen atoms in total. The molecule has 0 amide bonds. The number of esters is 1. The third-order valence-electron chi connectivity index (χ3n) is 10.4. The number of nitrogen functional groups attached to an aromatic ring is 2. The standard InChI is InChI=1S/C26H21BrClFN2O3.C25H19BrClFN2O3/c1-15-3-7-24(31(15)21-10-17(26(32)33-2)9-20(30)13-21)22-12-19(28)6-8-25(22)34-14-16-4-5-18(27)11-23(16)29;1-14-2-6-23(30(14)20-9-16(25(31)32)8-19(29)12-20)21-11-18(27)5-7-24(21)33-13-15-3-4-17(26)10-22(15)28/h3-13H,14,30H2,1-2H3;2-12H,13,29H2,1H3,(H,31,32). The summed E-state index contributed by atoms with van der Waals surface area (Å²) in [6.45, 7) is 3.90. The second kappa shape index (κ2) is 20.9. The van der Waals surface area contributed by atoms with E-state index in [-0.39, 0.29) is 30.4 Å². The van der Waals surface area contributed by atoms with Crippen LogP contribution in [0.5, 0.6) is 11.5 Å². The molecule has 67 heavy (non-hydrogen) atoms. The van der Waals surface area contributed by atoms with Gasteiger partial charge in [0.1, 0.15) is 36.3 Å². The number of nitrogens with zero attached hydrogens (tertiary/aromatic N) is 2. The first-order valence-electron chi connectivity index (χ1n) is 20.2. The molecule has 2 heterocycles. The summed E-state index contributed by atoms with van der Waals surface area (Å²) in [6.07, 6.45) is 0. The molecular weight excluding hydrogens is 1030 g/mol. The molecule has 2 aromatic heterocycles. The van der Waals surface area contributed by atoms with Crippen molar-refractivity contribution in [2.45, 2.75) is 27.1 Å². The normalized spacial score (nSPS) is 10.9. The van der Waals surface area contributed by atoms with Crippen LogP contribution in [0.25, 0.3) is 33.9 Å². The molecule has 8 aromatic rings. The van der Waals surface area contributed by atoms with Crippen LogP contribution in [0.2, 0.25) is 10.0 Å². The highest BCUT2D eigenvalue weighted by molar-refractivity contribution is 9.10. The SMILES string of the molecule is COC(=O)c1cc(N)cc(-n2c(C)ccc2-c2cc(Cl)ccc2OCc2ccc(Br)cc2F)c1.Cc1ccc(-c2cc(Cl)ccc2OCc2ccc(Br)cc2F)n1-c1cc(N)cc(C(=O)O)c1. The third-order valence-corrected chi connectivity index (χ3v) is 11.9. The van der Waals surface area contributed by atoms with Gasteiger partial charge >= 0.3 is 11.9 Å². The van der Waals surface area contributed by atoms with Crippen molar-refractivity contribution in [3.63, 3.8) is 0 Å². The number of rotatable bonds is 12. The van der Waals surface area contributed by atoms with Crippen molar-refractivity contribution in [2.24, 2.45) is 0 Å². The number of carboxylic acid groups (broad SMARTS) is 1. The van der Waals surface area contributed by atoms with Crippen LogP contribution in [0.3, 0.4) is 0 Å². The monoisotopic (exact) mass is 1070 g/mol. The van der Waals surface area contributed by atoms with Gasteiger partial charge in [0.25, 0.3) is 0 Å². The number of aryl methyl sites for hydroxylation is 2. The smallest absolute Gasteiger partial charge is 0.337 e. The highest BCUT2D eigenvalue weighted by atomic mass is 79.9. The number of carboxylic acids is 1. The third kappa shape index (κ3) is 11.3. The molecule has 6 aromatic carbocycles. The zero-order chi connectivity index (χ0) is 48.1. The number of aromatic carboxylic acids is 1. The quantitative estimate of drug-likeness (QED) is 0.0810. The second-order valence-electron chi connectivity index (χ2n) is 15.1. The topological polar surface area (TPSA) is 144 Å². The number of hydrogen-bond acceptors (Lipinski definition) is 7. The lowest BCUT2D eigenvalue weighted by Gasteiger charge is -2.17.